The predicted octanol–water partition coefficient (Wildman–Crippen LogP) is 5.76. The molecule has 10 nitrogen and oxygen atoms in total. The zero-order chi connectivity index (χ0) is 28.2. The highest BCUT2D eigenvalue weighted by Gasteiger charge is 2.14. The first-order chi connectivity index (χ1) is 19.3. The van der Waals surface area contributed by atoms with Gasteiger partial charge in [0.15, 0.2) is 0 Å². The summed E-state index contributed by atoms with van der Waals surface area (Å²) in [5, 5.41) is 21.8. The quantitative estimate of drug-likeness (QED) is 0.145. The number of rotatable bonds is 6. The number of benzene rings is 2. The number of aromatic nitrogens is 4. The van der Waals surface area contributed by atoms with E-state index in [0.717, 1.165) is 43.2 Å². The van der Waals surface area contributed by atoms with Crippen molar-refractivity contribution in [1.82, 2.24) is 24.8 Å². The molecule has 4 heterocycles. The third-order valence-electron chi connectivity index (χ3n) is 5.76. The molecule has 0 saturated heterocycles. The van der Waals surface area contributed by atoms with Crippen LogP contribution in [0.3, 0.4) is 0 Å². The van der Waals surface area contributed by atoms with E-state index in [9.17, 15) is 15.2 Å². The van der Waals surface area contributed by atoms with E-state index >= 15 is 0 Å². The summed E-state index contributed by atoms with van der Waals surface area (Å²) in [6, 6.07) is 14.4. The standard InChI is InChI=1S/C15H16N4S.C13H9N3O3S/c1-19(2)9-10-5-11(7-12(16)6-10)15-18-13-3-4-17-8-14(13)20-15;17-7-8-3-9(5-10(4-8)16(18)19)13-15-11-1-2-14-6-12(11)20-13/h3-8H,9,16H2,1-2H3;1-6,17H,7H2. The molecule has 40 heavy (non-hydrogen) atoms. The summed E-state index contributed by atoms with van der Waals surface area (Å²) in [4.78, 5) is 29.8. The Morgan fingerprint density at radius 3 is 1.98 bits per heavy atom. The van der Waals surface area contributed by atoms with Crippen LogP contribution in [0.2, 0.25) is 0 Å². The summed E-state index contributed by atoms with van der Waals surface area (Å²) in [6.45, 7) is 0.617. The van der Waals surface area contributed by atoms with Crippen LogP contribution in [0.5, 0.6) is 0 Å². The van der Waals surface area contributed by atoms with Crippen molar-refractivity contribution in [3.63, 3.8) is 0 Å². The molecular weight excluding hydrogens is 546 g/mol. The van der Waals surface area contributed by atoms with Crippen LogP contribution in [-0.2, 0) is 13.2 Å². The van der Waals surface area contributed by atoms with Gasteiger partial charge in [-0.25, -0.2) is 9.97 Å². The first-order valence-electron chi connectivity index (χ1n) is 12.1. The summed E-state index contributed by atoms with van der Waals surface area (Å²) in [5.74, 6) is 0. The molecule has 0 aliphatic carbocycles. The van der Waals surface area contributed by atoms with Gasteiger partial charge in [0, 0.05) is 60.3 Å². The van der Waals surface area contributed by atoms with Gasteiger partial charge < -0.3 is 15.7 Å². The van der Waals surface area contributed by atoms with Crippen molar-refractivity contribution in [1.29, 1.82) is 0 Å². The molecule has 0 saturated carbocycles. The maximum absolute atomic E-state index is 10.9. The van der Waals surface area contributed by atoms with Crippen molar-refractivity contribution in [2.24, 2.45) is 0 Å². The Hall–Kier alpha value is -4.36. The van der Waals surface area contributed by atoms with Crippen LogP contribution in [0.25, 0.3) is 41.6 Å². The molecule has 0 atom stereocenters. The third-order valence-corrected chi connectivity index (χ3v) is 7.87. The molecule has 0 aliphatic rings. The Morgan fingerprint density at radius 1 is 0.875 bits per heavy atom. The predicted molar refractivity (Wildman–Crippen MR) is 160 cm³/mol. The minimum atomic E-state index is -0.475. The molecular formula is C28H25N7O3S2. The summed E-state index contributed by atoms with van der Waals surface area (Å²) >= 11 is 3.06. The number of hydrogen-bond acceptors (Lipinski definition) is 11. The molecule has 202 valence electrons. The van der Waals surface area contributed by atoms with Crippen molar-refractivity contribution in [2.45, 2.75) is 13.2 Å². The van der Waals surface area contributed by atoms with Crippen LogP contribution in [0.1, 0.15) is 11.1 Å². The summed E-state index contributed by atoms with van der Waals surface area (Å²) in [7, 11) is 4.10. The Labute approximate surface area is 237 Å². The summed E-state index contributed by atoms with van der Waals surface area (Å²) in [5.41, 5.74) is 11.9. The van der Waals surface area contributed by atoms with Gasteiger partial charge in [0.05, 0.1) is 32.0 Å². The number of nitrogens with two attached hydrogens (primary N) is 1. The van der Waals surface area contributed by atoms with Crippen molar-refractivity contribution in [3.05, 3.63) is 94.6 Å². The number of nitrogen functional groups attached to an aromatic ring is 1. The fourth-order valence-corrected chi connectivity index (χ4v) is 5.94. The monoisotopic (exact) mass is 571 g/mol. The highest BCUT2D eigenvalue weighted by Crippen LogP contribution is 2.33. The Morgan fingerprint density at radius 2 is 1.45 bits per heavy atom. The summed E-state index contributed by atoms with van der Waals surface area (Å²) < 4.78 is 2.01. The fraction of sp³-hybridized carbons (Fsp3) is 0.143. The minimum absolute atomic E-state index is 0.0519. The number of nitrogens with zero attached hydrogens (tertiary/aromatic N) is 6. The van der Waals surface area contributed by atoms with Crippen molar-refractivity contribution >= 4 is 54.5 Å². The van der Waals surface area contributed by atoms with Gasteiger partial charge in [-0.3, -0.25) is 20.1 Å². The number of hydrogen-bond donors (Lipinski definition) is 2. The van der Waals surface area contributed by atoms with Crippen LogP contribution in [-0.4, -0.2) is 49.0 Å². The maximum atomic E-state index is 10.9. The van der Waals surface area contributed by atoms with Crippen LogP contribution in [0.15, 0.2) is 73.3 Å². The zero-order valence-corrected chi connectivity index (χ0v) is 23.3. The number of thiazole rings is 2. The van der Waals surface area contributed by atoms with Crippen LogP contribution < -0.4 is 5.73 Å². The van der Waals surface area contributed by atoms with E-state index in [1.54, 1.807) is 42.1 Å². The van der Waals surface area contributed by atoms with Gasteiger partial charge in [-0.1, -0.05) is 0 Å². The molecule has 0 aliphatic heterocycles. The smallest absolute Gasteiger partial charge is 0.270 e. The van der Waals surface area contributed by atoms with Crippen molar-refractivity contribution in [3.8, 4) is 21.1 Å². The molecule has 6 aromatic rings. The van der Waals surface area contributed by atoms with Gasteiger partial charge in [0.1, 0.15) is 10.0 Å². The molecule has 12 heteroatoms. The number of pyridine rings is 2. The number of nitro groups is 1. The van der Waals surface area contributed by atoms with E-state index in [2.05, 4.69) is 30.9 Å². The third kappa shape index (κ3) is 6.26. The molecule has 6 rings (SSSR count). The van der Waals surface area contributed by atoms with Crippen LogP contribution >= 0.6 is 22.7 Å². The largest absolute Gasteiger partial charge is 0.399 e. The Balaban J connectivity index is 0.000000161. The van der Waals surface area contributed by atoms with E-state index in [0.29, 0.717) is 16.1 Å². The molecule has 0 fully saturated rings. The molecule has 3 N–H and O–H groups in total. The SMILES string of the molecule is CN(C)Cc1cc(N)cc(-c2nc3ccncc3s2)c1.O=[N+]([O-])c1cc(CO)cc(-c2nc3ccncc3s2)c1. The lowest BCUT2D eigenvalue weighted by Crippen LogP contribution is -2.10. The van der Waals surface area contributed by atoms with E-state index in [-0.39, 0.29) is 12.3 Å². The lowest BCUT2D eigenvalue weighted by molar-refractivity contribution is -0.384. The number of fused-ring (bicyclic) bond motifs is 2. The topological polar surface area (TPSA) is 144 Å². The van der Waals surface area contributed by atoms with E-state index in [1.807, 2.05) is 38.5 Å². The molecule has 0 amide bonds. The van der Waals surface area contributed by atoms with Crippen molar-refractivity contribution in [2.75, 3.05) is 19.8 Å². The molecule has 2 aromatic carbocycles. The average molecular weight is 572 g/mol. The lowest BCUT2D eigenvalue weighted by atomic mass is 10.1. The lowest BCUT2D eigenvalue weighted by Gasteiger charge is -2.11. The minimum Gasteiger partial charge on any atom is -0.399 e. The Kier molecular flexibility index (Phi) is 8.03. The fourth-order valence-electron chi connectivity index (χ4n) is 4.10. The average Bonchev–Trinajstić information content (AvgIpc) is 3.57. The molecule has 0 unspecified atom stereocenters. The van der Waals surface area contributed by atoms with E-state index < -0.39 is 4.92 Å². The van der Waals surface area contributed by atoms with Gasteiger partial charge in [-0.15, -0.1) is 22.7 Å². The second-order valence-electron chi connectivity index (χ2n) is 9.23. The molecule has 0 bridgehead atoms. The number of aliphatic hydroxyl groups excluding tert-OH is 1. The highest BCUT2D eigenvalue weighted by atomic mass is 32.1. The molecule has 0 radical (unpaired) electrons. The molecule has 0 spiro atoms. The van der Waals surface area contributed by atoms with E-state index in [4.69, 9.17) is 5.73 Å². The van der Waals surface area contributed by atoms with Gasteiger partial charge in [0.25, 0.3) is 5.69 Å². The van der Waals surface area contributed by atoms with Gasteiger partial charge in [-0.05, 0) is 61.6 Å². The van der Waals surface area contributed by atoms with Crippen LogP contribution in [0, 0.1) is 10.1 Å². The second kappa shape index (κ2) is 11.8. The van der Waals surface area contributed by atoms with Crippen LogP contribution in [0.4, 0.5) is 11.4 Å². The van der Waals surface area contributed by atoms with Gasteiger partial charge >= 0.3 is 0 Å². The van der Waals surface area contributed by atoms with Crippen molar-refractivity contribution < 1.29 is 10.0 Å². The first-order valence-corrected chi connectivity index (χ1v) is 13.8. The van der Waals surface area contributed by atoms with E-state index in [1.165, 1.54) is 29.0 Å². The second-order valence-corrected chi connectivity index (χ2v) is 11.3. The summed E-state index contributed by atoms with van der Waals surface area (Å²) in [6.07, 6.45) is 6.98. The maximum Gasteiger partial charge on any atom is 0.270 e. The zero-order valence-electron chi connectivity index (χ0n) is 21.7. The molecule has 4 aromatic heterocycles. The number of non-ortho nitro benzene ring substituents is 1. The first kappa shape index (κ1) is 27.2. The van der Waals surface area contributed by atoms with Gasteiger partial charge in [-0.2, -0.15) is 0 Å². The number of aliphatic hydroxyl groups is 1. The highest BCUT2D eigenvalue weighted by molar-refractivity contribution is 7.22. The Bertz CT molecular complexity index is 1750. The number of nitro benzene ring substituents is 1. The normalized spacial score (nSPS) is 11.1. The number of anilines is 1. The van der Waals surface area contributed by atoms with Gasteiger partial charge in [0.2, 0.25) is 0 Å².